The Morgan fingerprint density at radius 1 is 1.19 bits per heavy atom. The first-order valence-electron chi connectivity index (χ1n) is 6.33. The van der Waals surface area contributed by atoms with Crippen molar-refractivity contribution in [2.75, 3.05) is 18.0 Å². The summed E-state index contributed by atoms with van der Waals surface area (Å²) in [5, 5.41) is 0. The summed E-state index contributed by atoms with van der Waals surface area (Å²) in [4.78, 5) is 2.41. The third-order valence-electron chi connectivity index (χ3n) is 2.99. The number of para-hydroxylation sites is 1. The number of nitrogens with zero attached hydrogens (tertiary/aromatic N) is 1. The van der Waals surface area contributed by atoms with Crippen LogP contribution in [0.4, 0.5) is 5.69 Å². The molecule has 0 fully saturated rings. The third-order valence-corrected chi connectivity index (χ3v) is 2.99. The molecule has 0 aliphatic carbocycles. The van der Waals surface area contributed by atoms with E-state index in [4.69, 9.17) is 5.73 Å². The maximum Gasteiger partial charge on any atom is 0.0414 e. The summed E-state index contributed by atoms with van der Waals surface area (Å²) >= 11 is 0. The van der Waals surface area contributed by atoms with E-state index in [1.807, 2.05) is 0 Å². The van der Waals surface area contributed by atoms with Crippen LogP contribution in [-0.4, -0.2) is 13.1 Å². The second kappa shape index (κ2) is 6.54. The second-order valence-corrected chi connectivity index (χ2v) is 4.15. The highest BCUT2D eigenvalue weighted by Gasteiger charge is 2.12. The van der Waals surface area contributed by atoms with Crippen LogP contribution in [0, 0.1) is 0 Å². The molecule has 0 amide bonds. The minimum atomic E-state index is 0.155. The van der Waals surface area contributed by atoms with E-state index >= 15 is 0 Å². The van der Waals surface area contributed by atoms with Crippen LogP contribution >= 0.6 is 0 Å². The van der Waals surface area contributed by atoms with Gasteiger partial charge in [0.1, 0.15) is 0 Å². The quantitative estimate of drug-likeness (QED) is 0.796. The van der Waals surface area contributed by atoms with Crippen molar-refractivity contribution in [1.29, 1.82) is 0 Å². The van der Waals surface area contributed by atoms with Crippen LogP contribution in [0.2, 0.25) is 0 Å². The van der Waals surface area contributed by atoms with Crippen molar-refractivity contribution < 1.29 is 0 Å². The molecule has 2 nitrogen and oxygen atoms in total. The van der Waals surface area contributed by atoms with Gasteiger partial charge in [-0.05, 0) is 31.4 Å². The van der Waals surface area contributed by atoms with Gasteiger partial charge in [0.05, 0.1) is 0 Å². The molecule has 0 saturated carbocycles. The number of benzene rings is 1. The van der Waals surface area contributed by atoms with E-state index in [2.05, 4.69) is 49.9 Å². The third kappa shape index (κ3) is 2.99. The highest BCUT2D eigenvalue weighted by Crippen LogP contribution is 2.26. The Balaban J connectivity index is 3.00. The highest BCUT2D eigenvalue weighted by molar-refractivity contribution is 5.54. The second-order valence-electron chi connectivity index (χ2n) is 4.15. The van der Waals surface area contributed by atoms with Gasteiger partial charge in [-0.3, -0.25) is 0 Å². The predicted octanol–water partition coefficient (Wildman–Crippen LogP) is 3.33. The van der Waals surface area contributed by atoms with E-state index in [1.165, 1.54) is 17.7 Å². The molecule has 0 radical (unpaired) electrons. The molecular formula is C14H24N2. The summed E-state index contributed by atoms with van der Waals surface area (Å²) in [6.07, 6.45) is 2.16. The molecule has 1 unspecified atom stereocenters. The van der Waals surface area contributed by atoms with Crippen LogP contribution in [0.15, 0.2) is 24.3 Å². The van der Waals surface area contributed by atoms with Crippen molar-refractivity contribution >= 4 is 5.69 Å². The number of rotatable bonds is 6. The molecule has 0 spiro atoms. The molecule has 1 atom stereocenters. The number of anilines is 1. The van der Waals surface area contributed by atoms with Crippen molar-refractivity contribution in [3.8, 4) is 0 Å². The Morgan fingerprint density at radius 2 is 1.88 bits per heavy atom. The summed E-state index contributed by atoms with van der Waals surface area (Å²) in [6, 6.07) is 8.67. The van der Waals surface area contributed by atoms with Crippen LogP contribution in [0.5, 0.6) is 0 Å². The molecule has 1 aromatic rings. The first kappa shape index (κ1) is 13.0. The maximum atomic E-state index is 6.16. The molecule has 0 bridgehead atoms. The first-order valence-corrected chi connectivity index (χ1v) is 6.33. The average molecular weight is 220 g/mol. The fourth-order valence-corrected chi connectivity index (χ4v) is 2.03. The Hall–Kier alpha value is -1.02. The van der Waals surface area contributed by atoms with E-state index in [-0.39, 0.29) is 6.04 Å². The molecule has 90 valence electrons. The predicted molar refractivity (Wildman–Crippen MR) is 71.8 cm³/mol. The molecule has 0 aromatic heterocycles. The van der Waals surface area contributed by atoms with E-state index in [9.17, 15) is 0 Å². The van der Waals surface area contributed by atoms with E-state index in [1.54, 1.807) is 0 Å². The molecule has 0 aliphatic rings. The summed E-state index contributed by atoms with van der Waals surface area (Å²) in [6.45, 7) is 8.69. The van der Waals surface area contributed by atoms with E-state index in [0.29, 0.717) is 0 Å². The topological polar surface area (TPSA) is 29.3 Å². The summed E-state index contributed by atoms with van der Waals surface area (Å²) < 4.78 is 0. The van der Waals surface area contributed by atoms with E-state index in [0.717, 1.165) is 19.5 Å². The average Bonchev–Trinajstić information content (AvgIpc) is 2.35. The molecule has 2 heteroatoms. The van der Waals surface area contributed by atoms with Gasteiger partial charge in [-0.1, -0.05) is 32.0 Å². The lowest BCUT2D eigenvalue weighted by atomic mass is 10.0. The van der Waals surface area contributed by atoms with Gasteiger partial charge in [0.25, 0.3) is 0 Å². The molecular weight excluding hydrogens is 196 g/mol. The zero-order valence-electron chi connectivity index (χ0n) is 10.7. The Bertz CT molecular complexity index is 309. The fourth-order valence-electron chi connectivity index (χ4n) is 2.03. The zero-order valence-corrected chi connectivity index (χ0v) is 10.7. The number of hydrogen-bond acceptors (Lipinski definition) is 2. The summed E-state index contributed by atoms with van der Waals surface area (Å²) in [5.41, 5.74) is 8.74. The van der Waals surface area contributed by atoms with Crippen molar-refractivity contribution in [3.63, 3.8) is 0 Å². The first-order chi connectivity index (χ1) is 7.74. The SMILES string of the molecule is CCCN(CC)c1ccccc1C(N)CC. The summed E-state index contributed by atoms with van der Waals surface area (Å²) in [5.74, 6) is 0. The number of hydrogen-bond donors (Lipinski definition) is 1. The van der Waals surface area contributed by atoms with Gasteiger partial charge in [0.15, 0.2) is 0 Å². The van der Waals surface area contributed by atoms with Crippen LogP contribution in [0.3, 0.4) is 0 Å². The van der Waals surface area contributed by atoms with Gasteiger partial charge in [0, 0.05) is 24.8 Å². The zero-order chi connectivity index (χ0) is 12.0. The van der Waals surface area contributed by atoms with Crippen LogP contribution in [-0.2, 0) is 0 Å². The molecule has 0 saturated heterocycles. The number of nitrogens with two attached hydrogens (primary N) is 1. The van der Waals surface area contributed by atoms with Crippen molar-refractivity contribution in [2.24, 2.45) is 5.73 Å². The largest absolute Gasteiger partial charge is 0.372 e. The Labute approximate surface area is 99.5 Å². The smallest absolute Gasteiger partial charge is 0.0414 e. The van der Waals surface area contributed by atoms with Gasteiger partial charge in [-0.15, -0.1) is 0 Å². The molecule has 1 aromatic carbocycles. The van der Waals surface area contributed by atoms with Gasteiger partial charge in [-0.2, -0.15) is 0 Å². The van der Waals surface area contributed by atoms with Crippen LogP contribution in [0.1, 0.15) is 45.2 Å². The molecule has 0 aliphatic heterocycles. The van der Waals surface area contributed by atoms with Gasteiger partial charge in [0.2, 0.25) is 0 Å². The van der Waals surface area contributed by atoms with Gasteiger partial charge >= 0.3 is 0 Å². The van der Waals surface area contributed by atoms with Crippen molar-refractivity contribution in [2.45, 2.75) is 39.7 Å². The molecule has 2 N–H and O–H groups in total. The molecule has 0 heterocycles. The Kier molecular flexibility index (Phi) is 5.33. The minimum Gasteiger partial charge on any atom is -0.372 e. The van der Waals surface area contributed by atoms with Crippen LogP contribution in [0.25, 0.3) is 0 Å². The van der Waals surface area contributed by atoms with Gasteiger partial charge in [-0.25, -0.2) is 0 Å². The highest BCUT2D eigenvalue weighted by atomic mass is 15.1. The Morgan fingerprint density at radius 3 is 2.44 bits per heavy atom. The van der Waals surface area contributed by atoms with Gasteiger partial charge < -0.3 is 10.6 Å². The lowest BCUT2D eigenvalue weighted by Gasteiger charge is -2.27. The lowest BCUT2D eigenvalue weighted by Crippen LogP contribution is -2.26. The van der Waals surface area contributed by atoms with Crippen molar-refractivity contribution in [3.05, 3.63) is 29.8 Å². The fraction of sp³-hybridized carbons (Fsp3) is 0.571. The van der Waals surface area contributed by atoms with E-state index < -0.39 is 0 Å². The molecule has 16 heavy (non-hydrogen) atoms. The molecule has 1 rings (SSSR count). The normalized spacial score (nSPS) is 12.5. The standard InChI is InChI=1S/C14H24N2/c1-4-11-16(6-3)14-10-8-7-9-12(14)13(15)5-2/h7-10,13H,4-6,11,15H2,1-3H3. The van der Waals surface area contributed by atoms with Crippen molar-refractivity contribution in [1.82, 2.24) is 0 Å². The maximum absolute atomic E-state index is 6.16. The minimum absolute atomic E-state index is 0.155. The monoisotopic (exact) mass is 220 g/mol. The lowest BCUT2D eigenvalue weighted by molar-refractivity contribution is 0.688. The summed E-state index contributed by atoms with van der Waals surface area (Å²) in [7, 11) is 0. The van der Waals surface area contributed by atoms with Crippen LogP contribution < -0.4 is 10.6 Å².